The molecule has 0 aliphatic carbocycles. The monoisotopic (exact) mass is 325 g/mol. The Morgan fingerprint density at radius 3 is 3.05 bits per heavy atom. The molecule has 0 amide bonds. The fraction of sp³-hybridized carbons (Fsp3) is 0.357. The van der Waals surface area contributed by atoms with E-state index in [4.69, 9.17) is 16.0 Å². The molecule has 0 saturated carbocycles. The molecule has 0 aliphatic rings. The van der Waals surface area contributed by atoms with Crippen LogP contribution in [0.2, 0.25) is 5.15 Å². The van der Waals surface area contributed by atoms with E-state index >= 15 is 0 Å². The van der Waals surface area contributed by atoms with E-state index in [2.05, 4.69) is 10.3 Å². The highest BCUT2D eigenvalue weighted by molar-refractivity contribution is 7.15. The van der Waals surface area contributed by atoms with Crippen LogP contribution in [0.4, 0.5) is 0 Å². The van der Waals surface area contributed by atoms with Crippen LogP contribution in [0.5, 0.6) is 0 Å². The van der Waals surface area contributed by atoms with Crippen LogP contribution in [0.15, 0.2) is 28.1 Å². The lowest BCUT2D eigenvalue weighted by Crippen LogP contribution is -2.35. The molecule has 2 N–H and O–H groups in total. The minimum absolute atomic E-state index is 0.355. The van der Waals surface area contributed by atoms with Gasteiger partial charge in [0, 0.05) is 24.7 Å². The molecule has 3 heterocycles. The number of rotatable bonds is 5. The molecular weight excluding hydrogens is 310 g/mol. The Hall–Kier alpha value is -1.34. The highest BCUT2D eigenvalue weighted by atomic mass is 35.5. The van der Waals surface area contributed by atoms with Crippen LogP contribution in [0.3, 0.4) is 0 Å². The second-order valence-electron chi connectivity index (χ2n) is 5.19. The Labute approximate surface area is 131 Å². The number of hydrogen-bond acceptors (Lipinski definition) is 5. The van der Waals surface area contributed by atoms with Gasteiger partial charge in [0.2, 0.25) is 0 Å². The average Bonchev–Trinajstić information content (AvgIpc) is 3.08. The average molecular weight is 326 g/mol. The molecule has 112 valence electrons. The molecule has 3 rings (SSSR count). The molecule has 1 unspecified atom stereocenters. The summed E-state index contributed by atoms with van der Waals surface area (Å²) >= 11 is 7.67. The summed E-state index contributed by atoms with van der Waals surface area (Å²) in [6.45, 7) is 4.45. The van der Waals surface area contributed by atoms with Gasteiger partial charge < -0.3 is 14.8 Å². The second kappa shape index (κ2) is 5.46. The standard InChI is InChI=1S/C14H16ClN3O2S/c1-9-3-4-11(20-9)14(2,19)8-16-7-10-12(15)17-13-18(10)5-6-21-13/h3-6,16,19H,7-8H2,1-2H3. The van der Waals surface area contributed by atoms with Crippen molar-refractivity contribution in [3.8, 4) is 0 Å². The SMILES string of the molecule is Cc1ccc(C(C)(O)CNCc2c(Cl)nc3sccn23)o1. The smallest absolute Gasteiger partial charge is 0.195 e. The molecule has 1 atom stereocenters. The maximum atomic E-state index is 10.5. The van der Waals surface area contributed by atoms with Crippen LogP contribution in [-0.2, 0) is 12.1 Å². The Kier molecular flexibility index (Phi) is 3.79. The molecule has 0 aliphatic heterocycles. The van der Waals surface area contributed by atoms with E-state index in [0.717, 1.165) is 16.4 Å². The van der Waals surface area contributed by atoms with Gasteiger partial charge in [-0.05, 0) is 26.0 Å². The zero-order chi connectivity index (χ0) is 15.0. The van der Waals surface area contributed by atoms with Gasteiger partial charge in [-0.15, -0.1) is 11.3 Å². The number of aromatic nitrogens is 2. The first-order valence-electron chi connectivity index (χ1n) is 6.57. The van der Waals surface area contributed by atoms with Gasteiger partial charge in [-0.2, -0.15) is 0 Å². The van der Waals surface area contributed by atoms with Crippen LogP contribution < -0.4 is 5.32 Å². The van der Waals surface area contributed by atoms with Crippen LogP contribution in [-0.4, -0.2) is 21.0 Å². The van der Waals surface area contributed by atoms with Crippen molar-refractivity contribution in [2.45, 2.75) is 26.0 Å². The molecule has 3 aromatic heterocycles. The largest absolute Gasteiger partial charge is 0.463 e. The van der Waals surface area contributed by atoms with Crippen LogP contribution >= 0.6 is 22.9 Å². The topological polar surface area (TPSA) is 62.7 Å². The number of thiazole rings is 1. The molecule has 0 radical (unpaired) electrons. The van der Waals surface area contributed by atoms with Crippen molar-refractivity contribution < 1.29 is 9.52 Å². The Balaban J connectivity index is 1.68. The highest BCUT2D eigenvalue weighted by Crippen LogP contribution is 2.23. The summed E-state index contributed by atoms with van der Waals surface area (Å²) in [4.78, 5) is 5.14. The molecule has 3 aromatic rings. The summed E-state index contributed by atoms with van der Waals surface area (Å²) in [5.74, 6) is 1.33. The molecule has 5 nitrogen and oxygen atoms in total. The third kappa shape index (κ3) is 2.85. The van der Waals surface area contributed by atoms with E-state index in [0.29, 0.717) is 24.0 Å². The number of nitrogens with one attached hydrogen (secondary N) is 1. The maximum absolute atomic E-state index is 10.5. The van der Waals surface area contributed by atoms with Crippen molar-refractivity contribution in [1.29, 1.82) is 0 Å². The van der Waals surface area contributed by atoms with Crippen LogP contribution in [0.1, 0.15) is 24.1 Å². The normalized spacial score (nSPS) is 14.7. The number of furan rings is 1. The molecule has 0 spiro atoms. The Bertz CT molecular complexity index is 759. The van der Waals surface area contributed by atoms with E-state index in [-0.39, 0.29) is 0 Å². The lowest BCUT2D eigenvalue weighted by molar-refractivity contribution is 0.0332. The van der Waals surface area contributed by atoms with Crippen LogP contribution in [0.25, 0.3) is 4.96 Å². The van der Waals surface area contributed by atoms with Gasteiger partial charge in [0.05, 0.1) is 5.69 Å². The van der Waals surface area contributed by atoms with Gasteiger partial charge in [-0.25, -0.2) is 4.98 Å². The summed E-state index contributed by atoms with van der Waals surface area (Å²) in [5.41, 5.74) is -0.182. The minimum Gasteiger partial charge on any atom is -0.463 e. The summed E-state index contributed by atoms with van der Waals surface area (Å²) in [5, 5.41) is 16.1. The van der Waals surface area contributed by atoms with E-state index < -0.39 is 5.60 Å². The molecule has 7 heteroatoms. The van der Waals surface area contributed by atoms with E-state index in [1.807, 2.05) is 29.0 Å². The van der Waals surface area contributed by atoms with Gasteiger partial charge in [-0.1, -0.05) is 11.6 Å². The summed E-state index contributed by atoms with van der Waals surface area (Å²) in [6, 6.07) is 3.63. The fourth-order valence-corrected chi connectivity index (χ4v) is 3.22. The number of hydrogen-bond donors (Lipinski definition) is 2. The summed E-state index contributed by atoms with van der Waals surface area (Å²) in [6.07, 6.45) is 1.93. The number of fused-ring (bicyclic) bond motifs is 1. The zero-order valence-electron chi connectivity index (χ0n) is 11.8. The number of nitrogens with zero attached hydrogens (tertiary/aromatic N) is 2. The first-order valence-corrected chi connectivity index (χ1v) is 7.83. The van der Waals surface area contributed by atoms with Crippen LogP contribution in [0, 0.1) is 6.92 Å². The van der Waals surface area contributed by atoms with Gasteiger partial charge in [-0.3, -0.25) is 4.40 Å². The maximum Gasteiger partial charge on any atom is 0.195 e. The van der Waals surface area contributed by atoms with Crippen molar-refractivity contribution >= 4 is 27.9 Å². The molecule has 0 fully saturated rings. The van der Waals surface area contributed by atoms with Crippen molar-refractivity contribution in [3.63, 3.8) is 0 Å². The third-order valence-electron chi connectivity index (χ3n) is 3.35. The van der Waals surface area contributed by atoms with Gasteiger partial charge in [0.15, 0.2) is 10.1 Å². The fourth-order valence-electron chi connectivity index (χ4n) is 2.20. The van der Waals surface area contributed by atoms with Gasteiger partial charge >= 0.3 is 0 Å². The highest BCUT2D eigenvalue weighted by Gasteiger charge is 2.26. The zero-order valence-corrected chi connectivity index (χ0v) is 13.3. The molecule has 0 bridgehead atoms. The second-order valence-corrected chi connectivity index (χ2v) is 6.42. The summed E-state index contributed by atoms with van der Waals surface area (Å²) in [7, 11) is 0. The van der Waals surface area contributed by atoms with Crippen molar-refractivity contribution in [1.82, 2.24) is 14.7 Å². The predicted molar refractivity (Wildman–Crippen MR) is 82.8 cm³/mol. The first-order chi connectivity index (χ1) is 9.97. The first kappa shape index (κ1) is 14.6. The third-order valence-corrected chi connectivity index (χ3v) is 4.40. The van der Waals surface area contributed by atoms with Crippen molar-refractivity contribution in [3.05, 3.63) is 46.1 Å². The number of aryl methyl sites for hydroxylation is 1. The van der Waals surface area contributed by atoms with E-state index in [9.17, 15) is 5.11 Å². The molecule has 0 saturated heterocycles. The molecule has 0 aromatic carbocycles. The number of imidazole rings is 1. The van der Waals surface area contributed by atoms with Crippen molar-refractivity contribution in [2.24, 2.45) is 0 Å². The van der Waals surface area contributed by atoms with Crippen molar-refractivity contribution in [2.75, 3.05) is 6.54 Å². The lowest BCUT2D eigenvalue weighted by atomic mass is 10.0. The molecular formula is C14H16ClN3O2S. The van der Waals surface area contributed by atoms with E-state index in [1.165, 1.54) is 11.3 Å². The van der Waals surface area contributed by atoms with Gasteiger partial charge in [0.1, 0.15) is 17.1 Å². The van der Waals surface area contributed by atoms with Gasteiger partial charge in [0.25, 0.3) is 0 Å². The summed E-state index contributed by atoms with van der Waals surface area (Å²) < 4.78 is 7.44. The quantitative estimate of drug-likeness (QED) is 0.757. The lowest BCUT2D eigenvalue weighted by Gasteiger charge is -2.21. The minimum atomic E-state index is -1.07. The Morgan fingerprint density at radius 2 is 2.33 bits per heavy atom. The molecule has 21 heavy (non-hydrogen) atoms. The predicted octanol–water partition coefficient (Wildman–Crippen LogP) is 2.95. The number of halogens is 1. The Morgan fingerprint density at radius 1 is 1.52 bits per heavy atom. The number of aliphatic hydroxyl groups is 1. The van der Waals surface area contributed by atoms with E-state index in [1.54, 1.807) is 13.0 Å².